The second-order valence-electron chi connectivity index (χ2n) is 9.78. The van der Waals surface area contributed by atoms with E-state index >= 15 is 0 Å². The number of aryl methyl sites for hydroxylation is 1. The van der Waals surface area contributed by atoms with Gasteiger partial charge in [0.15, 0.2) is 0 Å². The number of amides is 3. The number of non-ortho nitro benzene ring substituents is 1. The lowest BCUT2D eigenvalue weighted by atomic mass is 9.81. The van der Waals surface area contributed by atoms with Crippen LogP contribution in [0.4, 0.5) is 17.1 Å². The highest BCUT2D eigenvalue weighted by atomic mass is 79.9. The first-order valence-corrected chi connectivity index (χ1v) is 13.9. The van der Waals surface area contributed by atoms with Crippen LogP contribution in [0.1, 0.15) is 24.8 Å². The van der Waals surface area contributed by atoms with E-state index in [1.807, 2.05) is 0 Å². The SMILES string of the molecule is Cc1cc(OC(=O)[C@@H]2CC(=O)N(c3ccc([N+](=O)[O-])cc3)C2)ccc1N1C(=O)[C@H]2C[C@H](Br)[C@@H](Br)C[C@H]2C1=O. The van der Waals surface area contributed by atoms with E-state index in [0.29, 0.717) is 29.8 Å². The summed E-state index contributed by atoms with van der Waals surface area (Å²) in [5.41, 5.74) is 1.45. The normalized spacial score (nSPS) is 27.0. The third-order valence-electron chi connectivity index (χ3n) is 7.37. The van der Waals surface area contributed by atoms with Gasteiger partial charge in [0.2, 0.25) is 17.7 Å². The van der Waals surface area contributed by atoms with Crippen LogP contribution in [0.2, 0.25) is 0 Å². The number of halogens is 2. The van der Waals surface area contributed by atoms with Gasteiger partial charge in [-0.2, -0.15) is 0 Å². The number of nitrogens with zero attached hydrogens (tertiary/aromatic N) is 3. The van der Waals surface area contributed by atoms with Crippen molar-refractivity contribution in [1.82, 2.24) is 0 Å². The van der Waals surface area contributed by atoms with E-state index in [9.17, 15) is 29.3 Å². The summed E-state index contributed by atoms with van der Waals surface area (Å²) in [6, 6.07) is 10.3. The van der Waals surface area contributed by atoms with Crippen molar-refractivity contribution in [3.63, 3.8) is 0 Å². The lowest BCUT2D eigenvalue weighted by Crippen LogP contribution is -2.34. The van der Waals surface area contributed by atoms with Crippen LogP contribution >= 0.6 is 31.9 Å². The molecule has 0 N–H and O–H groups in total. The molecule has 0 unspecified atom stereocenters. The van der Waals surface area contributed by atoms with Gasteiger partial charge in [0.25, 0.3) is 5.69 Å². The molecule has 1 aliphatic carbocycles. The molecule has 2 aromatic rings. The molecule has 0 radical (unpaired) electrons. The van der Waals surface area contributed by atoms with E-state index < -0.39 is 16.8 Å². The highest BCUT2D eigenvalue weighted by molar-refractivity contribution is 9.12. The molecule has 3 fully saturated rings. The van der Waals surface area contributed by atoms with Crippen molar-refractivity contribution in [1.29, 1.82) is 0 Å². The third-order valence-corrected chi connectivity index (χ3v) is 10.1. The van der Waals surface area contributed by atoms with Crippen molar-refractivity contribution in [3.05, 3.63) is 58.1 Å². The maximum Gasteiger partial charge on any atom is 0.316 e. The number of nitro benzene ring substituents is 1. The summed E-state index contributed by atoms with van der Waals surface area (Å²) < 4.78 is 5.55. The van der Waals surface area contributed by atoms with Crippen molar-refractivity contribution in [3.8, 4) is 5.75 Å². The van der Waals surface area contributed by atoms with Gasteiger partial charge in [-0.25, -0.2) is 4.90 Å². The number of carbonyl (C=O) groups is 4. The third kappa shape index (κ3) is 4.75. The Bertz CT molecular complexity index is 1320. The number of benzene rings is 2. The number of carbonyl (C=O) groups excluding carboxylic acids is 4. The van der Waals surface area contributed by atoms with Crippen LogP contribution in [-0.2, 0) is 19.2 Å². The Morgan fingerprint density at radius 3 is 2.16 bits per heavy atom. The van der Waals surface area contributed by atoms with Crippen molar-refractivity contribution >= 4 is 72.6 Å². The minimum absolute atomic E-state index is 0.0461. The van der Waals surface area contributed by atoms with Crippen LogP contribution in [0.15, 0.2) is 42.5 Å². The number of hydrogen-bond acceptors (Lipinski definition) is 7. The molecule has 5 rings (SSSR count). The smallest absolute Gasteiger partial charge is 0.316 e. The highest BCUT2D eigenvalue weighted by Gasteiger charge is 2.52. The monoisotopic (exact) mass is 647 g/mol. The lowest BCUT2D eigenvalue weighted by Gasteiger charge is -2.29. The van der Waals surface area contributed by atoms with Gasteiger partial charge in [0, 0.05) is 40.4 Å². The number of imide groups is 1. The molecule has 2 aliphatic heterocycles. The molecule has 1 saturated carbocycles. The second kappa shape index (κ2) is 10.2. The Morgan fingerprint density at radius 2 is 1.61 bits per heavy atom. The highest BCUT2D eigenvalue weighted by Crippen LogP contribution is 2.45. The average molecular weight is 649 g/mol. The number of anilines is 2. The number of nitro groups is 1. The minimum Gasteiger partial charge on any atom is -0.426 e. The van der Waals surface area contributed by atoms with E-state index in [1.165, 1.54) is 40.1 Å². The lowest BCUT2D eigenvalue weighted by molar-refractivity contribution is -0.384. The van der Waals surface area contributed by atoms with Gasteiger partial charge >= 0.3 is 5.97 Å². The van der Waals surface area contributed by atoms with Crippen LogP contribution < -0.4 is 14.5 Å². The van der Waals surface area contributed by atoms with E-state index in [-0.39, 0.29) is 63.6 Å². The molecule has 0 aromatic heterocycles. The quantitative estimate of drug-likeness (QED) is 0.118. The summed E-state index contributed by atoms with van der Waals surface area (Å²) >= 11 is 7.18. The number of esters is 1. The first-order valence-electron chi connectivity index (χ1n) is 12.1. The molecule has 3 aliphatic rings. The van der Waals surface area contributed by atoms with E-state index in [4.69, 9.17) is 4.74 Å². The molecule has 5 atom stereocenters. The topological polar surface area (TPSA) is 127 Å². The summed E-state index contributed by atoms with van der Waals surface area (Å²) in [7, 11) is 0. The van der Waals surface area contributed by atoms with Crippen molar-refractivity contribution < 1.29 is 28.8 Å². The Balaban J connectivity index is 1.26. The first kappa shape index (κ1) is 26.5. The van der Waals surface area contributed by atoms with Gasteiger partial charge in [-0.05, 0) is 55.7 Å². The second-order valence-corrected chi connectivity index (χ2v) is 12.1. The Labute approximate surface area is 234 Å². The number of rotatable bonds is 5. The molecular weight excluding hydrogens is 626 g/mol. The molecule has 10 nitrogen and oxygen atoms in total. The molecule has 0 bridgehead atoms. The van der Waals surface area contributed by atoms with Crippen LogP contribution in [0, 0.1) is 34.8 Å². The Hall–Kier alpha value is -3.12. The molecule has 2 saturated heterocycles. The molecule has 0 spiro atoms. The summed E-state index contributed by atoms with van der Waals surface area (Å²) in [5, 5.41) is 10.9. The number of alkyl halides is 2. The molecule has 38 heavy (non-hydrogen) atoms. The standard InChI is InChI=1S/C26H23Br2N3O7/c1-13-8-17(6-7-22(13)30-24(33)18-10-20(27)21(28)11-19(18)25(30)34)38-26(35)14-9-23(32)29(12-14)15-2-4-16(5-3-15)31(36)37/h2-8,14,18-21H,9-12H2,1H3/t14-,18-,19+,20+,21+/m1/s1. The summed E-state index contributed by atoms with van der Waals surface area (Å²) in [5.74, 6) is -2.49. The fourth-order valence-corrected chi connectivity index (χ4v) is 6.58. The van der Waals surface area contributed by atoms with Gasteiger partial charge < -0.3 is 9.64 Å². The van der Waals surface area contributed by atoms with Crippen molar-refractivity contribution in [2.45, 2.75) is 35.8 Å². The Morgan fingerprint density at radius 1 is 1.00 bits per heavy atom. The van der Waals surface area contributed by atoms with Crippen LogP contribution in [-0.4, -0.2) is 44.8 Å². The zero-order valence-corrected chi connectivity index (χ0v) is 23.4. The van der Waals surface area contributed by atoms with Crippen molar-refractivity contribution in [2.24, 2.45) is 17.8 Å². The fourth-order valence-electron chi connectivity index (χ4n) is 5.34. The van der Waals surface area contributed by atoms with Gasteiger partial charge in [0.1, 0.15) is 5.75 Å². The van der Waals surface area contributed by atoms with E-state index in [1.54, 1.807) is 19.1 Å². The predicted molar refractivity (Wildman–Crippen MR) is 145 cm³/mol. The maximum atomic E-state index is 13.1. The van der Waals surface area contributed by atoms with Gasteiger partial charge in [-0.15, -0.1) is 0 Å². The fraction of sp³-hybridized carbons (Fsp3) is 0.385. The van der Waals surface area contributed by atoms with Gasteiger partial charge in [-0.3, -0.25) is 29.3 Å². The molecular formula is C26H23Br2N3O7. The first-order chi connectivity index (χ1) is 18.0. The number of hydrogen-bond donors (Lipinski definition) is 0. The summed E-state index contributed by atoms with van der Waals surface area (Å²) in [6.45, 7) is 1.83. The molecule has 3 amide bonds. The number of ether oxygens (including phenoxy) is 1. The minimum atomic E-state index is -0.711. The maximum absolute atomic E-state index is 13.1. The van der Waals surface area contributed by atoms with E-state index in [0.717, 1.165) is 0 Å². The zero-order valence-electron chi connectivity index (χ0n) is 20.2. The van der Waals surface area contributed by atoms with Crippen molar-refractivity contribution in [2.75, 3.05) is 16.3 Å². The number of fused-ring (bicyclic) bond motifs is 1. The Kier molecular flexibility index (Phi) is 7.12. The predicted octanol–water partition coefficient (Wildman–Crippen LogP) is 4.29. The molecule has 12 heteroatoms. The molecule has 198 valence electrons. The van der Waals surface area contributed by atoms with Gasteiger partial charge in [0.05, 0.1) is 28.4 Å². The molecule has 2 aromatic carbocycles. The van der Waals surface area contributed by atoms with Crippen LogP contribution in [0.5, 0.6) is 5.75 Å². The van der Waals surface area contributed by atoms with Crippen LogP contribution in [0.25, 0.3) is 0 Å². The van der Waals surface area contributed by atoms with Gasteiger partial charge in [-0.1, -0.05) is 31.9 Å². The zero-order chi connectivity index (χ0) is 27.3. The van der Waals surface area contributed by atoms with E-state index in [2.05, 4.69) is 31.9 Å². The largest absolute Gasteiger partial charge is 0.426 e. The molecule has 2 heterocycles. The summed E-state index contributed by atoms with van der Waals surface area (Å²) in [4.78, 5) is 64.9. The van der Waals surface area contributed by atoms with Crippen LogP contribution in [0.3, 0.4) is 0 Å². The average Bonchev–Trinajstić information content (AvgIpc) is 3.37. The summed E-state index contributed by atoms with van der Waals surface area (Å²) in [6.07, 6.45) is 1.11.